The summed E-state index contributed by atoms with van der Waals surface area (Å²) in [5.41, 5.74) is 2.36. The van der Waals surface area contributed by atoms with Crippen molar-refractivity contribution in [3.8, 4) is 5.69 Å². The predicted octanol–water partition coefficient (Wildman–Crippen LogP) is 1.94. The molecule has 1 aromatic heterocycles. The van der Waals surface area contributed by atoms with Crippen LogP contribution in [0, 0.1) is 24.0 Å². The lowest BCUT2D eigenvalue weighted by molar-refractivity contribution is -0.385. The summed E-state index contributed by atoms with van der Waals surface area (Å²) >= 11 is 0. The second-order valence-electron chi connectivity index (χ2n) is 7.73. The molecule has 1 fully saturated rings. The molecule has 0 N–H and O–H groups in total. The van der Waals surface area contributed by atoms with Crippen LogP contribution in [0.25, 0.3) is 5.69 Å². The van der Waals surface area contributed by atoms with Gasteiger partial charge < -0.3 is 4.90 Å². The highest BCUT2D eigenvalue weighted by atomic mass is 32.2. The van der Waals surface area contributed by atoms with Gasteiger partial charge in [0.05, 0.1) is 21.2 Å². The summed E-state index contributed by atoms with van der Waals surface area (Å²) in [6, 6.07) is 12.6. The molecular weight excluding hydrogens is 448 g/mol. The number of carbonyl (C=O) groups excluding carboxylic acids is 1. The molecule has 0 spiro atoms. The van der Waals surface area contributed by atoms with Crippen molar-refractivity contribution < 1.29 is 18.1 Å². The number of amides is 1. The number of sulfonamides is 1. The van der Waals surface area contributed by atoms with Gasteiger partial charge in [0.15, 0.2) is 5.69 Å². The van der Waals surface area contributed by atoms with Crippen LogP contribution in [0.5, 0.6) is 0 Å². The molecular formula is C21H22N6O5S. The largest absolute Gasteiger partial charge is 0.335 e. The molecule has 1 saturated heterocycles. The van der Waals surface area contributed by atoms with Crippen LogP contribution in [0.4, 0.5) is 5.69 Å². The number of nitrogens with zero attached hydrogens (tertiary/aromatic N) is 6. The molecule has 0 aliphatic carbocycles. The van der Waals surface area contributed by atoms with E-state index >= 15 is 0 Å². The molecule has 12 heteroatoms. The minimum atomic E-state index is -3.92. The smallest absolute Gasteiger partial charge is 0.276 e. The lowest BCUT2D eigenvalue weighted by Crippen LogP contribution is -2.50. The van der Waals surface area contributed by atoms with Gasteiger partial charge in [-0.15, -0.1) is 5.10 Å². The van der Waals surface area contributed by atoms with Crippen molar-refractivity contribution in [2.24, 2.45) is 0 Å². The topological polar surface area (TPSA) is 132 Å². The van der Waals surface area contributed by atoms with Crippen LogP contribution < -0.4 is 0 Å². The zero-order chi connectivity index (χ0) is 23.8. The highest BCUT2D eigenvalue weighted by molar-refractivity contribution is 7.89. The quantitative estimate of drug-likeness (QED) is 0.411. The summed E-state index contributed by atoms with van der Waals surface area (Å²) < 4.78 is 28.7. The van der Waals surface area contributed by atoms with Crippen molar-refractivity contribution in [1.29, 1.82) is 0 Å². The number of non-ortho nitro benzene ring substituents is 1. The van der Waals surface area contributed by atoms with E-state index in [-0.39, 0.29) is 48.4 Å². The zero-order valence-corrected chi connectivity index (χ0v) is 18.9. The number of nitro groups is 1. The summed E-state index contributed by atoms with van der Waals surface area (Å²) in [5.74, 6) is -0.321. The van der Waals surface area contributed by atoms with Crippen molar-refractivity contribution in [2.75, 3.05) is 26.2 Å². The fraction of sp³-hybridized carbons (Fsp3) is 0.286. The predicted molar refractivity (Wildman–Crippen MR) is 119 cm³/mol. The van der Waals surface area contributed by atoms with Gasteiger partial charge in [-0.25, -0.2) is 13.1 Å². The van der Waals surface area contributed by atoms with Gasteiger partial charge in [0.25, 0.3) is 11.6 Å². The lowest BCUT2D eigenvalue weighted by atomic mass is 10.2. The molecule has 3 aromatic rings. The standard InChI is InChI=1S/C21H22N6O5S/c1-15-5-3-6-17(13-15)26-16(2)20(22-23-26)21(28)24-9-11-25(12-10-24)33(31,32)19-8-4-7-18(14-19)27(29)30/h3-8,13-14H,9-12H2,1-2H3. The Bertz CT molecular complexity index is 1330. The monoisotopic (exact) mass is 470 g/mol. The molecule has 172 valence electrons. The van der Waals surface area contributed by atoms with Crippen LogP contribution in [-0.2, 0) is 10.0 Å². The zero-order valence-electron chi connectivity index (χ0n) is 18.1. The minimum Gasteiger partial charge on any atom is -0.335 e. The number of aryl methyl sites for hydroxylation is 1. The number of hydrogen-bond acceptors (Lipinski definition) is 7. The number of nitro benzene ring substituents is 1. The minimum absolute atomic E-state index is 0.0713. The summed E-state index contributed by atoms with van der Waals surface area (Å²) in [5, 5.41) is 19.2. The van der Waals surface area contributed by atoms with Crippen molar-refractivity contribution in [3.63, 3.8) is 0 Å². The van der Waals surface area contributed by atoms with Gasteiger partial charge in [-0.05, 0) is 37.6 Å². The van der Waals surface area contributed by atoms with Crippen LogP contribution in [0.15, 0.2) is 53.4 Å². The fourth-order valence-electron chi connectivity index (χ4n) is 3.72. The summed E-state index contributed by atoms with van der Waals surface area (Å²) in [4.78, 5) is 24.8. The Morgan fingerprint density at radius 1 is 1.03 bits per heavy atom. The normalized spacial score (nSPS) is 14.9. The third kappa shape index (κ3) is 4.34. The van der Waals surface area contributed by atoms with Gasteiger partial charge in [0.2, 0.25) is 10.0 Å². The molecule has 0 radical (unpaired) electrons. The molecule has 2 heterocycles. The average Bonchev–Trinajstić information content (AvgIpc) is 3.20. The average molecular weight is 471 g/mol. The Balaban J connectivity index is 1.48. The van der Waals surface area contributed by atoms with E-state index in [9.17, 15) is 23.3 Å². The first kappa shape index (κ1) is 22.6. The first-order chi connectivity index (χ1) is 15.7. The van der Waals surface area contributed by atoms with Crippen molar-refractivity contribution in [3.05, 3.63) is 75.6 Å². The van der Waals surface area contributed by atoms with Gasteiger partial charge in [0.1, 0.15) is 0 Å². The maximum atomic E-state index is 13.0. The summed E-state index contributed by atoms with van der Waals surface area (Å²) in [6.45, 7) is 4.21. The van der Waals surface area contributed by atoms with Gasteiger partial charge in [0, 0.05) is 38.3 Å². The van der Waals surface area contributed by atoms with Gasteiger partial charge in [-0.2, -0.15) is 4.31 Å². The van der Waals surface area contributed by atoms with Gasteiger partial charge >= 0.3 is 0 Å². The van der Waals surface area contributed by atoms with E-state index in [2.05, 4.69) is 10.3 Å². The molecule has 0 atom stereocenters. The number of aromatic nitrogens is 3. The molecule has 1 aliphatic rings. The van der Waals surface area contributed by atoms with Crippen LogP contribution in [0.2, 0.25) is 0 Å². The molecule has 2 aromatic carbocycles. The molecule has 11 nitrogen and oxygen atoms in total. The maximum absolute atomic E-state index is 13.0. The first-order valence-corrected chi connectivity index (χ1v) is 11.7. The highest BCUT2D eigenvalue weighted by Crippen LogP contribution is 2.23. The molecule has 0 bridgehead atoms. The summed E-state index contributed by atoms with van der Waals surface area (Å²) in [6.07, 6.45) is 0. The molecule has 4 rings (SSSR count). The van der Waals surface area contributed by atoms with Gasteiger partial charge in [-0.1, -0.05) is 23.4 Å². The molecule has 0 unspecified atom stereocenters. The van der Waals surface area contributed by atoms with Crippen molar-refractivity contribution in [1.82, 2.24) is 24.2 Å². The molecule has 33 heavy (non-hydrogen) atoms. The number of piperazine rings is 1. The van der Waals surface area contributed by atoms with Crippen molar-refractivity contribution >= 4 is 21.6 Å². The number of rotatable bonds is 5. The Kier molecular flexibility index (Phi) is 5.95. The van der Waals surface area contributed by atoms with E-state index in [1.54, 1.807) is 11.6 Å². The lowest BCUT2D eigenvalue weighted by Gasteiger charge is -2.33. The SMILES string of the molecule is Cc1cccc(-n2nnc(C(=O)N3CCN(S(=O)(=O)c4cccc([N+](=O)[O-])c4)CC3)c2C)c1. The Labute approximate surface area is 190 Å². The second-order valence-corrected chi connectivity index (χ2v) is 9.66. The van der Waals surface area contributed by atoms with E-state index in [0.717, 1.165) is 17.3 Å². The second kappa shape index (κ2) is 8.71. The van der Waals surface area contributed by atoms with E-state index in [4.69, 9.17) is 0 Å². The Hall–Kier alpha value is -3.64. The van der Waals surface area contributed by atoms with Crippen LogP contribution in [-0.4, -0.2) is 69.6 Å². The van der Waals surface area contributed by atoms with E-state index in [1.165, 1.54) is 27.4 Å². The Morgan fingerprint density at radius 2 is 1.73 bits per heavy atom. The van der Waals surface area contributed by atoms with E-state index < -0.39 is 14.9 Å². The highest BCUT2D eigenvalue weighted by Gasteiger charge is 2.32. The maximum Gasteiger partial charge on any atom is 0.276 e. The third-order valence-corrected chi connectivity index (χ3v) is 7.43. The fourth-order valence-corrected chi connectivity index (χ4v) is 5.18. The van der Waals surface area contributed by atoms with Gasteiger partial charge in [-0.3, -0.25) is 14.9 Å². The van der Waals surface area contributed by atoms with Crippen LogP contribution >= 0.6 is 0 Å². The van der Waals surface area contributed by atoms with E-state index in [1.807, 2.05) is 31.2 Å². The van der Waals surface area contributed by atoms with Crippen LogP contribution in [0.1, 0.15) is 21.7 Å². The number of hydrogen-bond donors (Lipinski definition) is 0. The van der Waals surface area contributed by atoms with Crippen molar-refractivity contribution in [2.45, 2.75) is 18.7 Å². The molecule has 0 saturated carbocycles. The number of carbonyl (C=O) groups is 1. The molecule has 1 amide bonds. The summed E-state index contributed by atoms with van der Waals surface area (Å²) in [7, 11) is -3.92. The third-order valence-electron chi connectivity index (χ3n) is 5.54. The first-order valence-electron chi connectivity index (χ1n) is 10.2. The van der Waals surface area contributed by atoms with E-state index in [0.29, 0.717) is 5.69 Å². The molecule has 1 aliphatic heterocycles. The van der Waals surface area contributed by atoms with Crippen LogP contribution in [0.3, 0.4) is 0 Å². The number of benzene rings is 2. The Morgan fingerprint density at radius 3 is 2.39 bits per heavy atom.